The van der Waals surface area contributed by atoms with Crippen molar-refractivity contribution in [3.8, 4) is 0 Å². The van der Waals surface area contributed by atoms with E-state index >= 15 is 0 Å². The molecule has 4 heteroatoms. The van der Waals surface area contributed by atoms with Crippen molar-refractivity contribution in [3.63, 3.8) is 0 Å². The van der Waals surface area contributed by atoms with Crippen molar-refractivity contribution >= 4 is 0 Å². The van der Waals surface area contributed by atoms with Crippen LogP contribution in [-0.4, -0.2) is 42.3 Å². The molecule has 3 nitrogen and oxygen atoms in total. The summed E-state index contributed by atoms with van der Waals surface area (Å²) in [4.78, 5) is 2.42. The Morgan fingerprint density at radius 2 is 2.14 bits per heavy atom. The van der Waals surface area contributed by atoms with E-state index < -0.39 is 0 Å². The minimum atomic E-state index is -0.249. The van der Waals surface area contributed by atoms with Gasteiger partial charge in [0.05, 0.1) is 12.7 Å². The summed E-state index contributed by atoms with van der Waals surface area (Å²) in [5.74, 6) is -0.147. The van der Waals surface area contributed by atoms with Crippen LogP contribution in [0.1, 0.15) is 32.8 Å². The number of rotatable bonds is 5. The minimum absolute atomic E-state index is 0.147. The Morgan fingerprint density at radius 3 is 2.76 bits per heavy atom. The number of halogens is 1. The normalized spacial score (nSPS) is 26.5. The summed E-state index contributed by atoms with van der Waals surface area (Å²) >= 11 is 0. The SMILES string of the molecule is CCC1COC(C)CN1C(C)(CN)Cc1ccccc1F. The maximum atomic E-state index is 14.0. The van der Waals surface area contributed by atoms with Gasteiger partial charge in [-0.3, -0.25) is 4.90 Å². The summed E-state index contributed by atoms with van der Waals surface area (Å²) in [5.41, 5.74) is 6.58. The standard InChI is InChI=1S/C17H27FN2O/c1-4-15-11-21-13(2)10-20(15)17(3,12-19)9-14-7-5-6-8-16(14)18/h5-8,13,15H,4,9-12,19H2,1-3H3. The van der Waals surface area contributed by atoms with Crippen LogP contribution in [0.25, 0.3) is 0 Å². The molecule has 1 fully saturated rings. The summed E-state index contributed by atoms with van der Waals surface area (Å²) in [7, 11) is 0. The third kappa shape index (κ3) is 3.62. The van der Waals surface area contributed by atoms with Crippen molar-refractivity contribution < 1.29 is 9.13 Å². The highest BCUT2D eigenvalue weighted by Gasteiger charge is 2.39. The van der Waals surface area contributed by atoms with Crippen LogP contribution in [0.3, 0.4) is 0 Å². The molecular formula is C17H27FN2O. The van der Waals surface area contributed by atoms with Crippen molar-refractivity contribution in [1.82, 2.24) is 4.90 Å². The first kappa shape index (κ1) is 16.4. The molecular weight excluding hydrogens is 267 g/mol. The second kappa shape index (κ2) is 6.86. The van der Waals surface area contributed by atoms with Gasteiger partial charge in [0.2, 0.25) is 0 Å². The Morgan fingerprint density at radius 1 is 1.43 bits per heavy atom. The largest absolute Gasteiger partial charge is 0.376 e. The Hall–Kier alpha value is -0.970. The van der Waals surface area contributed by atoms with Gasteiger partial charge in [0.25, 0.3) is 0 Å². The lowest BCUT2D eigenvalue weighted by molar-refractivity contribution is -0.0946. The number of morpholine rings is 1. The number of nitrogens with zero attached hydrogens (tertiary/aromatic N) is 1. The fourth-order valence-corrected chi connectivity index (χ4v) is 3.19. The van der Waals surface area contributed by atoms with Crippen molar-refractivity contribution in [3.05, 3.63) is 35.6 Å². The molecule has 2 N–H and O–H groups in total. The lowest BCUT2D eigenvalue weighted by atomic mass is 9.88. The molecule has 0 aromatic heterocycles. The zero-order chi connectivity index (χ0) is 15.5. The lowest BCUT2D eigenvalue weighted by Gasteiger charge is -2.49. The average molecular weight is 294 g/mol. The van der Waals surface area contributed by atoms with E-state index in [1.165, 1.54) is 6.07 Å². The van der Waals surface area contributed by atoms with Crippen LogP contribution in [-0.2, 0) is 11.2 Å². The highest BCUT2D eigenvalue weighted by atomic mass is 19.1. The lowest BCUT2D eigenvalue weighted by Crippen LogP contribution is -2.62. The van der Waals surface area contributed by atoms with Gasteiger partial charge in [0, 0.05) is 24.7 Å². The molecule has 21 heavy (non-hydrogen) atoms. The van der Waals surface area contributed by atoms with Crippen molar-refractivity contribution in [1.29, 1.82) is 0 Å². The van der Waals surface area contributed by atoms with E-state index in [1.54, 1.807) is 6.07 Å². The van der Waals surface area contributed by atoms with Gasteiger partial charge in [-0.25, -0.2) is 4.39 Å². The van der Waals surface area contributed by atoms with E-state index in [1.807, 2.05) is 12.1 Å². The summed E-state index contributed by atoms with van der Waals surface area (Å²) < 4.78 is 19.8. The molecule has 0 spiro atoms. The van der Waals surface area contributed by atoms with E-state index in [0.717, 1.165) is 25.1 Å². The monoisotopic (exact) mass is 294 g/mol. The van der Waals surface area contributed by atoms with E-state index in [9.17, 15) is 4.39 Å². The van der Waals surface area contributed by atoms with Gasteiger partial charge in [-0.15, -0.1) is 0 Å². The molecule has 1 aromatic carbocycles. The quantitative estimate of drug-likeness (QED) is 0.907. The molecule has 3 unspecified atom stereocenters. The van der Waals surface area contributed by atoms with Gasteiger partial charge < -0.3 is 10.5 Å². The van der Waals surface area contributed by atoms with Crippen LogP contribution in [0.4, 0.5) is 4.39 Å². The first-order valence-corrected chi connectivity index (χ1v) is 7.82. The Bertz CT molecular complexity index is 468. The molecule has 1 heterocycles. The number of ether oxygens (including phenoxy) is 1. The van der Waals surface area contributed by atoms with Gasteiger partial charge in [0.15, 0.2) is 0 Å². The van der Waals surface area contributed by atoms with Gasteiger partial charge in [0.1, 0.15) is 5.82 Å². The van der Waals surface area contributed by atoms with Crippen LogP contribution >= 0.6 is 0 Å². The fraction of sp³-hybridized carbons (Fsp3) is 0.647. The van der Waals surface area contributed by atoms with Crippen molar-refractivity contribution in [2.45, 2.75) is 51.3 Å². The molecule has 1 aliphatic rings. The van der Waals surface area contributed by atoms with E-state index in [0.29, 0.717) is 19.0 Å². The first-order valence-electron chi connectivity index (χ1n) is 7.82. The molecule has 3 atom stereocenters. The molecule has 1 aliphatic heterocycles. The molecule has 2 rings (SSSR count). The molecule has 0 saturated carbocycles. The van der Waals surface area contributed by atoms with E-state index in [4.69, 9.17) is 10.5 Å². The molecule has 1 aromatic rings. The number of nitrogens with two attached hydrogens (primary N) is 1. The maximum absolute atomic E-state index is 14.0. The molecule has 1 saturated heterocycles. The molecule has 0 aliphatic carbocycles. The third-order valence-corrected chi connectivity index (χ3v) is 4.60. The van der Waals surface area contributed by atoms with Crippen LogP contribution in [0.5, 0.6) is 0 Å². The topological polar surface area (TPSA) is 38.5 Å². The third-order valence-electron chi connectivity index (χ3n) is 4.60. The zero-order valence-electron chi connectivity index (χ0n) is 13.3. The molecule has 0 bridgehead atoms. The van der Waals surface area contributed by atoms with Crippen LogP contribution in [0.15, 0.2) is 24.3 Å². The van der Waals surface area contributed by atoms with Crippen LogP contribution in [0, 0.1) is 5.82 Å². The van der Waals surface area contributed by atoms with E-state index in [-0.39, 0.29) is 17.5 Å². The van der Waals surface area contributed by atoms with Gasteiger partial charge in [-0.1, -0.05) is 25.1 Å². The second-order valence-electron chi connectivity index (χ2n) is 6.33. The average Bonchev–Trinajstić information content (AvgIpc) is 2.49. The van der Waals surface area contributed by atoms with Crippen LogP contribution in [0.2, 0.25) is 0 Å². The van der Waals surface area contributed by atoms with Crippen LogP contribution < -0.4 is 5.73 Å². The van der Waals surface area contributed by atoms with E-state index in [2.05, 4.69) is 25.7 Å². The smallest absolute Gasteiger partial charge is 0.126 e. The first-order chi connectivity index (χ1) is 10.00. The van der Waals surface area contributed by atoms with Gasteiger partial charge >= 0.3 is 0 Å². The molecule has 0 amide bonds. The highest BCUT2D eigenvalue weighted by molar-refractivity contribution is 5.20. The number of hydrogen-bond acceptors (Lipinski definition) is 3. The summed E-state index contributed by atoms with van der Waals surface area (Å²) in [6, 6.07) is 7.33. The molecule has 118 valence electrons. The summed E-state index contributed by atoms with van der Waals surface area (Å²) in [6.45, 7) is 8.46. The minimum Gasteiger partial charge on any atom is -0.376 e. The fourth-order valence-electron chi connectivity index (χ4n) is 3.19. The summed E-state index contributed by atoms with van der Waals surface area (Å²) in [6.07, 6.45) is 1.83. The number of hydrogen-bond donors (Lipinski definition) is 1. The van der Waals surface area contributed by atoms with Gasteiger partial charge in [-0.05, 0) is 38.3 Å². The second-order valence-corrected chi connectivity index (χ2v) is 6.33. The predicted octanol–water partition coefficient (Wildman–Crippen LogP) is 2.58. The number of benzene rings is 1. The molecule has 0 radical (unpaired) electrons. The van der Waals surface area contributed by atoms with Crippen molar-refractivity contribution in [2.75, 3.05) is 19.7 Å². The summed E-state index contributed by atoms with van der Waals surface area (Å²) in [5, 5.41) is 0. The van der Waals surface area contributed by atoms with Crippen molar-refractivity contribution in [2.24, 2.45) is 5.73 Å². The predicted molar refractivity (Wildman–Crippen MR) is 83.8 cm³/mol. The Balaban J connectivity index is 2.24. The maximum Gasteiger partial charge on any atom is 0.126 e. The highest BCUT2D eigenvalue weighted by Crippen LogP contribution is 2.28. The zero-order valence-corrected chi connectivity index (χ0v) is 13.3. The Kier molecular flexibility index (Phi) is 5.36. The van der Waals surface area contributed by atoms with Gasteiger partial charge in [-0.2, -0.15) is 0 Å². The Labute approximate surface area is 127 Å².